The molecule has 0 saturated carbocycles. The maximum atomic E-state index is 13.7. The lowest BCUT2D eigenvalue weighted by Crippen LogP contribution is -2.51. The van der Waals surface area contributed by atoms with Gasteiger partial charge in [0.05, 0.1) is 19.2 Å². The topological polar surface area (TPSA) is 137 Å². The zero-order chi connectivity index (χ0) is 24.2. The number of urea groups is 1. The summed E-state index contributed by atoms with van der Waals surface area (Å²) in [5.74, 6) is 2.79. The summed E-state index contributed by atoms with van der Waals surface area (Å²) in [7, 11) is 0. The van der Waals surface area contributed by atoms with Crippen LogP contribution in [0.4, 0.5) is 4.79 Å². The van der Waals surface area contributed by atoms with Crippen molar-refractivity contribution in [2.75, 3.05) is 6.54 Å². The zero-order valence-corrected chi connectivity index (χ0v) is 19.6. The third-order valence-corrected chi connectivity index (χ3v) is 5.58. The van der Waals surface area contributed by atoms with Crippen LogP contribution >= 0.6 is 12.4 Å². The number of carboxylic acids is 1. The van der Waals surface area contributed by atoms with Crippen LogP contribution in [0.5, 0.6) is 0 Å². The summed E-state index contributed by atoms with van der Waals surface area (Å²) < 4.78 is 0. The minimum Gasteiger partial charge on any atom is -0.481 e. The number of hydrogen-bond acceptors (Lipinski definition) is 6. The number of carbonyl (C=O) groups is 4. The third kappa shape index (κ3) is 5.01. The Morgan fingerprint density at radius 1 is 1.12 bits per heavy atom. The Balaban J connectivity index is 0.00000408. The number of amides is 4. The number of aliphatic carboxylic acids is 1. The summed E-state index contributed by atoms with van der Waals surface area (Å²) in [6.45, 7) is 2.58. The molecule has 3 rings (SSSR count). The molecule has 0 radical (unpaired) electrons. The molecule has 2 aromatic rings. The highest BCUT2D eigenvalue weighted by atomic mass is 35.5. The second-order valence-corrected chi connectivity index (χ2v) is 7.73. The number of nitrogens with two attached hydrogens (primary N) is 1. The molecule has 10 nitrogen and oxygen atoms in total. The SMILES string of the molecule is CC(=O)N(CCC(=O)O)N1C(=O)N(Cc2ccccc2)[C@](C)(c2ccc(C=NN)cc2)C1=O.Cl. The molecule has 0 bridgehead atoms. The van der Waals surface area contributed by atoms with Crippen molar-refractivity contribution < 1.29 is 24.3 Å². The molecule has 0 aromatic heterocycles. The number of nitrogens with zero attached hydrogens (tertiary/aromatic N) is 4. The van der Waals surface area contributed by atoms with Gasteiger partial charge in [-0.3, -0.25) is 19.3 Å². The Kier molecular flexibility index (Phi) is 8.36. The van der Waals surface area contributed by atoms with Gasteiger partial charge in [0.1, 0.15) is 5.54 Å². The Hall–Kier alpha value is -3.92. The van der Waals surface area contributed by atoms with Crippen LogP contribution in [0.15, 0.2) is 59.7 Å². The second kappa shape index (κ2) is 10.8. The first-order valence-electron chi connectivity index (χ1n) is 10.2. The molecule has 11 heteroatoms. The van der Waals surface area contributed by atoms with Gasteiger partial charge in [0.25, 0.3) is 5.91 Å². The number of carbonyl (C=O) groups excluding carboxylic acids is 3. The van der Waals surface area contributed by atoms with Crippen molar-refractivity contribution in [3.63, 3.8) is 0 Å². The fourth-order valence-corrected chi connectivity index (χ4v) is 3.78. The van der Waals surface area contributed by atoms with Crippen LogP contribution in [-0.2, 0) is 26.5 Å². The van der Waals surface area contributed by atoms with Crippen molar-refractivity contribution >= 4 is 42.4 Å². The minimum atomic E-state index is -1.44. The molecule has 0 spiro atoms. The summed E-state index contributed by atoms with van der Waals surface area (Å²) in [4.78, 5) is 52.0. The van der Waals surface area contributed by atoms with Crippen molar-refractivity contribution in [3.8, 4) is 0 Å². The molecule has 3 N–H and O–H groups in total. The van der Waals surface area contributed by atoms with E-state index in [0.29, 0.717) is 11.1 Å². The van der Waals surface area contributed by atoms with Crippen LogP contribution in [0.2, 0.25) is 0 Å². The van der Waals surface area contributed by atoms with Gasteiger partial charge in [0, 0.05) is 13.5 Å². The van der Waals surface area contributed by atoms with Crippen molar-refractivity contribution in [3.05, 3.63) is 71.3 Å². The molecule has 2 aromatic carbocycles. The molecule has 0 aliphatic carbocycles. The molecule has 1 aliphatic heterocycles. The first-order valence-corrected chi connectivity index (χ1v) is 10.2. The molecule has 1 fully saturated rings. The van der Waals surface area contributed by atoms with Crippen LogP contribution in [0.1, 0.15) is 37.0 Å². The second-order valence-electron chi connectivity index (χ2n) is 7.73. The average Bonchev–Trinajstić information content (AvgIpc) is 2.97. The van der Waals surface area contributed by atoms with E-state index in [-0.39, 0.29) is 25.5 Å². The average molecular weight is 488 g/mol. The first kappa shape index (κ1) is 26.3. The van der Waals surface area contributed by atoms with Crippen molar-refractivity contribution in [1.82, 2.24) is 14.9 Å². The van der Waals surface area contributed by atoms with Gasteiger partial charge in [-0.25, -0.2) is 9.80 Å². The highest BCUT2D eigenvalue weighted by Gasteiger charge is 2.57. The number of imide groups is 1. The highest BCUT2D eigenvalue weighted by Crippen LogP contribution is 2.39. The van der Waals surface area contributed by atoms with E-state index < -0.39 is 35.8 Å². The Morgan fingerprint density at radius 2 is 1.74 bits per heavy atom. The van der Waals surface area contributed by atoms with E-state index in [2.05, 4.69) is 5.10 Å². The van der Waals surface area contributed by atoms with Crippen molar-refractivity contribution in [2.45, 2.75) is 32.4 Å². The quantitative estimate of drug-likeness (QED) is 0.254. The molecule has 1 atom stereocenters. The fourth-order valence-electron chi connectivity index (χ4n) is 3.78. The van der Waals surface area contributed by atoms with Crippen LogP contribution < -0.4 is 5.84 Å². The Labute approximate surface area is 203 Å². The van der Waals surface area contributed by atoms with Gasteiger partial charge in [-0.2, -0.15) is 10.1 Å². The van der Waals surface area contributed by atoms with Gasteiger partial charge in [-0.05, 0) is 23.6 Å². The summed E-state index contributed by atoms with van der Waals surface area (Å²) in [5, 5.41) is 14.2. The third-order valence-electron chi connectivity index (χ3n) is 5.58. The van der Waals surface area contributed by atoms with E-state index in [4.69, 9.17) is 10.9 Å². The Bertz CT molecular complexity index is 1090. The number of rotatable bonds is 8. The van der Waals surface area contributed by atoms with E-state index >= 15 is 0 Å². The summed E-state index contributed by atoms with van der Waals surface area (Å²) >= 11 is 0. The first-order chi connectivity index (χ1) is 15.7. The van der Waals surface area contributed by atoms with Crippen LogP contribution in [-0.4, -0.2) is 56.6 Å². The van der Waals surface area contributed by atoms with Crippen LogP contribution in [0.3, 0.4) is 0 Å². The Morgan fingerprint density at radius 3 is 2.26 bits per heavy atom. The lowest BCUT2D eigenvalue weighted by Gasteiger charge is -2.32. The van der Waals surface area contributed by atoms with E-state index in [0.717, 1.165) is 15.6 Å². The van der Waals surface area contributed by atoms with Crippen LogP contribution in [0.25, 0.3) is 0 Å². The van der Waals surface area contributed by atoms with E-state index in [9.17, 15) is 19.2 Å². The van der Waals surface area contributed by atoms with E-state index in [1.807, 2.05) is 30.3 Å². The van der Waals surface area contributed by atoms with E-state index in [1.54, 1.807) is 31.2 Å². The molecule has 1 saturated heterocycles. The van der Waals surface area contributed by atoms with Gasteiger partial charge in [0.2, 0.25) is 5.91 Å². The maximum absolute atomic E-state index is 13.7. The van der Waals surface area contributed by atoms with Gasteiger partial charge >= 0.3 is 12.0 Å². The molecule has 1 aliphatic rings. The number of carboxylic acid groups (broad SMARTS) is 1. The molecule has 4 amide bonds. The summed E-state index contributed by atoms with van der Waals surface area (Å²) in [6.07, 6.45) is 1.03. The molecule has 1 heterocycles. The number of hydrazone groups is 1. The molecule has 180 valence electrons. The van der Waals surface area contributed by atoms with E-state index in [1.165, 1.54) is 18.0 Å². The molecular weight excluding hydrogens is 462 g/mol. The summed E-state index contributed by atoms with van der Waals surface area (Å²) in [5.41, 5.74) is 0.580. The predicted octanol–water partition coefficient (Wildman–Crippen LogP) is 2.32. The number of halogens is 1. The molecule has 0 unspecified atom stereocenters. The number of hydrazine groups is 1. The van der Waals surface area contributed by atoms with Gasteiger partial charge < -0.3 is 10.9 Å². The zero-order valence-electron chi connectivity index (χ0n) is 18.7. The molecular formula is C23H26ClN5O5. The number of benzene rings is 2. The van der Waals surface area contributed by atoms with Gasteiger partial charge in [0.15, 0.2) is 0 Å². The molecule has 34 heavy (non-hydrogen) atoms. The van der Waals surface area contributed by atoms with Gasteiger partial charge in [-0.1, -0.05) is 54.6 Å². The maximum Gasteiger partial charge on any atom is 0.347 e. The predicted molar refractivity (Wildman–Crippen MR) is 127 cm³/mol. The lowest BCUT2D eigenvalue weighted by atomic mass is 9.89. The summed E-state index contributed by atoms with van der Waals surface area (Å²) in [6, 6.07) is 15.2. The lowest BCUT2D eigenvalue weighted by molar-refractivity contribution is -0.157. The largest absolute Gasteiger partial charge is 0.481 e. The van der Waals surface area contributed by atoms with Crippen LogP contribution in [0, 0.1) is 0 Å². The minimum absolute atomic E-state index is 0. The van der Waals surface area contributed by atoms with Crippen molar-refractivity contribution in [1.29, 1.82) is 0 Å². The number of hydrogen-bond donors (Lipinski definition) is 2. The monoisotopic (exact) mass is 487 g/mol. The van der Waals surface area contributed by atoms with Gasteiger partial charge in [-0.15, -0.1) is 12.4 Å². The standard InChI is InChI=1S/C23H25N5O5.ClH/c1-16(29)27(13-12-20(30)31)28-21(32)23(2,19-10-8-17(9-11-19)14-25-24)26(22(28)33)15-18-6-4-3-5-7-18;/h3-11,14H,12-13,15,24H2,1-2H3,(H,30,31);1H/t23-;/m1./s1. The van der Waals surface area contributed by atoms with Crippen molar-refractivity contribution in [2.24, 2.45) is 10.9 Å². The normalized spacial score (nSPS) is 17.7. The fraction of sp³-hybridized carbons (Fsp3) is 0.261. The highest BCUT2D eigenvalue weighted by molar-refractivity contribution is 6.08. The smallest absolute Gasteiger partial charge is 0.347 e.